The molecule has 0 radical (unpaired) electrons. The van der Waals surface area contributed by atoms with Crippen molar-refractivity contribution in [2.75, 3.05) is 23.1 Å². The number of aryl methyl sites for hydroxylation is 1. The average molecular weight is 602 g/mol. The molecule has 0 spiro atoms. The van der Waals surface area contributed by atoms with E-state index in [9.17, 15) is 13.2 Å². The van der Waals surface area contributed by atoms with Crippen molar-refractivity contribution in [3.05, 3.63) is 92.4 Å². The lowest BCUT2D eigenvalue weighted by atomic mass is 10.2. The third kappa shape index (κ3) is 7.39. The summed E-state index contributed by atoms with van der Waals surface area (Å²) in [6, 6.07) is 18.7. The van der Waals surface area contributed by atoms with Gasteiger partial charge >= 0.3 is 0 Å². The van der Waals surface area contributed by atoms with Crippen molar-refractivity contribution in [1.29, 1.82) is 0 Å². The molecule has 0 heterocycles. The zero-order valence-corrected chi connectivity index (χ0v) is 23.0. The van der Waals surface area contributed by atoms with Crippen molar-refractivity contribution in [1.82, 2.24) is 5.32 Å². The molecular formula is C24H23BrCl2N2O3S2. The van der Waals surface area contributed by atoms with E-state index in [-0.39, 0.29) is 17.3 Å². The number of thioether (sulfide) groups is 1. The van der Waals surface area contributed by atoms with Crippen LogP contribution in [0.4, 0.5) is 5.69 Å². The van der Waals surface area contributed by atoms with Gasteiger partial charge in [0.2, 0.25) is 5.91 Å². The molecular weight excluding hydrogens is 579 g/mol. The molecule has 180 valence electrons. The first-order valence-electron chi connectivity index (χ1n) is 10.3. The van der Waals surface area contributed by atoms with Crippen LogP contribution in [0.5, 0.6) is 0 Å². The molecule has 34 heavy (non-hydrogen) atoms. The van der Waals surface area contributed by atoms with Crippen LogP contribution in [0.3, 0.4) is 0 Å². The van der Waals surface area contributed by atoms with Crippen LogP contribution in [-0.2, 0) is 20.6 Å². The Labute approximate surface area is 223 Å². The monoisotopic (exact) mass is 600 g/mol. The summed E-state index contributed by atoms with van der Waals surface area (Å²) in [5.41, 5.74) is 2.32. The predicted octanol–water partition coefficient (Wildman–Crippen LogP) is 6.31. The Hall–Kier alpha value is -1.71. The molecule has 0 aliphatic carbocycles. The molecule has 0 aliphatic rings. The number of amides is 1. The maximum absolute atomic E-state index is 13.4. The normalized spacial score (nSPS) is 11.3. The Balaban J connectivity index is 1.63. The Kier molecular flexibility index (Phi) is 9.74. The van der Waals surface area contributed by atoms with Crippen LogP contribution in [0.2, 0.25) is 10.0 Å². The molecule has 1 amide bonds. The number of anilines is 1. The molecule has 3 rings (SSSR count). The van der Waals surface area contributed by atoms with Crippen molar-refractivity contribution < 1.29 is 13.2 Å². The number of hydrogen-bond acceptors (Lipinski definition) is 4. The maximum atomic E-state index is 13.4. The van der Waals surface area contributed by atoms with E-state index in [1.165, 1.54) is 0 Å². The molecule has 0 fully saturated rings. The van der Waals surface area contributed by atoms with Gasteiger partial charge in [-0.1, -0.05) is 62.9 Å². The quantitative estimate of drug-likeness (QED) is 0.277. The van der Waals surface area contributed by atoms with Gasteiger partial charge in [0.25, 0.3) is 10.0 Å². The maximum Gasteiger partial charge on any atom is 0.264 e. The van der Waals surface area contributed by atoms with E-state index in [1.54, 1.807) is 72.4 Å². The third-order valence-corrected chi connectivity index (χ3v) is 8.76. The lowest BCUT2D eigenvalue weighted by molar-refractivity contribution is -0.119. The summed E-state index contributed by atoms with van der Waals surface area (Å²) in [7, 11) is -3.93. The Morgan fingerprint density at radius 3 is 2.35 bits per heavy atom. The summed E-state index contributed by atoms with van der Waals surface area (Å²) < 4.78 is 28.7. The van der Waals surface area contributed by atoms with Gasteiger partial charge in [-0.15, -0.1) is 0 Å². The van der Waals surface area contributed by atoms with Gasteiger partial charge in [0, 0.05) is 32.6 Å². The number of benzene rings is 3. The van der Waals surface area contributed by atoms with E-state index >= 15 is 0 Å². The number of rotatable bonds is 10. The smallest absolute Gasteiger partial charge is 0.264 e. The summed E-state index contributed by atoms with van der Waals surface area (Å²) >= 11 is 17.1. The fourth-order valence-corrected chi connectivity index (χ4v) is 6.13. The number of carbonyl (C=O) groups is 1. The van der Waals surface area contributed by atoms with Crippen molar-refractivity contribution in [2.24, 2.45) is 0 Å². The molecule has 0 saturated carbocycles. The molecule has 0 unspecified atom stereocenters. The molecule has 0 aliphatic heterocycles. The minimum Gasteiger partial charge on any atom is -0.354 e. The number of nitrogens with zero attached hydrogens (tertiary/aromatic N) is 1. The lowest BCUT2D eigenvalue weighted by Crippen LogP contribution is -2.41. The molecule has 0 atom stereocenters. The van der Waals surface area contributed by atoms with Crippen molar-refractivity contribution in [3.63, 3.8) is 0 Å². The molecule has 0 bridgehead atoms. The number of nitrogens with one attached hydrogen (secondary N) is 1. The topological polar surface area (TPSA) is 66.5 Å². The zero-order chi connectivity index (χ0) is 24.7. The van der Waals surface area contributed by atoms with Crippen LogP contribution in [0.25, 0.3) is 0 Å². The van der Waals surface area contributed by atoms with Crippen LogP contribution in [0.15, 0.2) is 76.1 Å². The summed E-state index contributed by atoms with van der Waals surface area (Å²) in [5, 5.41) is 4.00. The molecule has 5 nitrogen and oxygen atoms in total. The van der Waals surface area contributed by atoms with Crippen LogP contribution < -0.4 is 9.62 Å². The summed E-state index contributed by atoms with van der Waals surface area (Å²) in [6.45, 7) is 1.95. The van der Waals surface area contributed by atoms with E-state index in [4.69, 9.17) is 23.2 Å². The molecule has 10 heteroatoms. The minimum absolute atomic E-state index is 0.129. The van der Waals surface area contributed by atoms with Gasteiger partial charge in [0.15, 0.2) is 0 Å². The first-order valence-corrected chi connectivity index (χ1v) is 14.4. The van der Waals surface area contributed by atoms with E-state index in [2.05, 4.69) is 21.2 Å². The Bertz CT molecular complexity index is 1240. The van der Waals surface area contributed by atoms with Gasteiger partial charge in [-0.2, -0.15) is 11.8 Å². The summed E-state index contributed by atoms with van der Waals surface area (Å²) in [5.74, 6) is 0.940. The molecule has 0 saturated heterocycles. The SMILES string of the molecule is Cc1ccc(S(=O)(=O)N(CC(=O)NCCSCc2ccc(Cl)cc2Cl)c2ccc(Br)cc2)cc1. The Morgan fingerprint density at radius 2 is 1.71 bits per heavy atom. The van der Waals surface area contributed by atoms with E-state index in [0.717, 1.165) is 19.9 Å². The highest BCUT2D eigenvalue weighted by Gasteiger charge is 2.27. The lowest BCUT2D eigenvalue weighted by Gasteiger charge is -2.24. The first-order chi connectivity index (χ1) is 16.2. The van der Waals surface area contributed by atoms with E-state index < -0.39 is 10.0 Å². The second kappa shape index (κ2) is 12.3. The van der Waals surface area contributed by atoms with Crippen LogP contribution >= 0.6 is 50.9 Å². The molecule has 3 aromatic rings. The van der Waals surface area contributed by atoms with Gasteiger partial charge in [-0.3, -0.25) is 9.10 Å². The van der Waals surface area contributed by atoms with Gasteiger partial charge < -0.3 is 5.32 Å². The van der Waals surface area contributed by atoms with Crippen molar-refractivity contribution >= 4 is 72.5 Å². The standard InChI is InChI=1S/C24H23BrCl2N2O3S2/c1-17-2-10-22(11-3-17)34(31,32)29(21-8-5-19(25)6-9-21)15-24(30)28-12-13-33-16-18-4-7-20(26)14-23(18)27/h2-11,14H,12-13,15-16H2,1H3,(H,28,30). The summed E-state index contributed by atoms with van der Waals surface area (Å²) in [4.78, 5) is 12.8. The van der Waals surface area contributed by atoms with Crippen LogP contribution in [0.1, 0.15) is 11.1 Å². The zero-order valence-electron chi connectivity index (χ0n) is 18.3. The molecule has 1 N–H and O–H groups in total. The summed E-state index contributed by atoms with van der Waals surface area (Å²) in [6.07, 6.45) is 0. The van der Waals surface area contributed by atoms with E-state index in [1.807, 2.05) is 13.0 Å². The third-order valence-electron chi connectivity index (χ3n) is 4.85. The van der Waals surface area contributed by atoms with Gasteiger partial charge in [0.1, 0.15) is 6.54 Å². The number of hydrogen-bond donors (Lipinski definition) is 1. The number of carbonyl (C=O) groups excluding carboxylic acids is 1. The van der Waals surface area contributed by atoms with Crippen molar-refractivity contribution in [3.8, 4) is 0 Å². The van der Waals surface area contributed by atoms with E-state index in [0.29, 0.717) is 33.8 Å². The second-order valence-electron chi connectivity index (χ2n) is 7.44. The molecule has 3 aromatic carbocycles. The van der Waals surface area contributed by atoms with Crippen LogP contribution in [0, 0.1) is 6.92 Å². The highest BCUT2D eigenvalue weighted by atomic mass is 79.9. The van der Waals surface area contributed by atoms with Gasteiger partial charge in [-0.05, 0) is 61.0 Å². The first kappa shape index (κ1) is 26.9. The number of sulfonamides is 1. The van der Waals surface area contributed by atoms with Gasteiger partial charge in [0.05, 0.1) is 10.6 Å². The average Bonchev–Trinajstić information content (AvgIpc) is 2.79. The number of halogens is 3. The molecule has 0 aromatic heterocycles. The highest BCUT2D eigenvalue weighted by Crippen LogP contribution is 2.26. The minimum atomic E-state index is -3.93. The highest BCUT2D eigenvalue weighted by molar-refractivity contribution is 9.10. The van der Waals surface area contributed by atoms with Crippen LogP contribution in [-0.4, -0.2) is 33.2 Å². The fraction of sp³-hybridized carbons (Fsp3) is 0.208. The second-order valence-corrected chi connectivity index (χ2v) is 12.2. The van der Waals surface area contributed by atoms with Gasteiger partial charge in [-0.25, -0.2) is 8.42 Å². The largest absolute Gasteiger partial charge is 0.354 e. The Morgan fingerprint density at radius 1 is 1.03 bits per heavy atom. The fourth-order valence-electron chi connectivity index (χ4n) is 3.03. The van der Waals surface area contributed by atoms with Crippen molar-refractivity contribution in [2.45, 2.75) is 17.6 Å². The predicted molar refractivity (Wildman–Crippen MR) is 145 cm³/mol.